The van der Waals surface area contributed by atoms with Gasteiger partial charge in [-0.1, -0.05) is 13.3 Å². The number of hydrogen-bond acceptors (Lipinski definition) is 3. The molecular formula is C12H26N4O. The monoisotopic (exact) mass is 242 g/mol. The number of guanidine groups is 1. The van der Waals surface area contributed by atoms with E-state index in [1.165, 1.54) is 0 Å². The first-order chi connectivity index (χ1) is 8.27. The zero-order chi connectivity index (χ0) is 12.5. The highest BCUT2D eigenvalue weighted by Gasteiger charge is 2.20. The zero-order valence-electron chi connectivity index (χ0n) is 11.0. The van der Waals surface area contributed by atoms with Crippen molar-refractivity contribution in [1.82, 2.24) is 10.7 Å². The number of hydrazine groups is 1. The fourth-order valence-corrected chi connectivity index (χ4v) is 2.03. The molecule has 0 saturated carbocycles. The molecule has 0 aromatic carbocycles. The second-order valence-electron chi connectivity index (χ2n) is 4.61. The van der Waals surface area contributed by atoms with Gasteiger partial charge in [-0.15, -0.1) is 0 Å². The largest absolute Gasteiger partial charge is 0.381 e. The van der Waals surface area contributed by atoms with Crippen molar-refractivity contribution in [3.8, 4) is 0 Å². The Morgan fingerprint density at radius 1 is 1.47 bits per heavy atom. The Morgan fingerprint density at radius 3 is 2.76 bits per heavy atom. The molecule has 17 heavy (non-hydrogen) atoms. The van der Waals surface area contributed by atoms with E-state index >= 15 is 0 Å². The van der Waals surface area contributed by atoms with Crippen molar-refractivity contribution in [2.45, 2.75) is 45.6 Å². The van der Waals surface area contributed by atoms with E-state index in [1.54, 1.807) is 0 Å². The van der Waals surface area contributed by atoms with Gasteiger partial charge in [-0.2, -0.15) is 0 Å². The molecule has 1 aliphatic heterocycles. The van der Waals surface area contributed by atoms with E-state index in [9.17, 15) is 0 Å². The van der Waals surface area contributed by atoms with Crippen LogP contribution in [0.5, 0.6) is 0 Å². The Balaban J connectivity index is 2.35. The molecule has 5 nitrogen and oxygen atoms in total. The van der Waals surface area contributed by atoms with Crippen molar-refractivity contribution in [3.05, 3.63) is 0 Å². The normalized spacial score (nSPS) is 20.1. The van der Waals surface area contributed by atoms with Crippen molar-refractivity contribution in [3.63, 3.8) is 0 Å². The van der Waals surface area contributed by atoms with Gasteiger partial charge in [0.25, 0.3) is 0 Å². The number of aliphatic imine (C=N–C) groups is 1. The van der Waals surface area contributed by atoms with Gasteiger partial charge in [0.05, 0.1) is 0 Å². The topological polar surface area (TPSA) is 71.7 Å². The van der Waals surface area contributed by atoms with Gasteiger partial charge >= 0.3 is 0 Å². The molecule has 1 saturated heterocycles. The molecule has 0 bridgehead atoms. The Hall–Kier alpha value is -0.810. The van der Waals surface area contributed by atoms with Crippen LogP contribution in [0.2, 0.25) is 0 Å². The number of hydrogen-bond donors (Lipinski definition) is 3. The van der Waals surface area contributed by atoms with Gasteiger partial charge in [-0.3, -0.25) is 10.4 Å². The van der Waals surface area contributed by atoms with Gasteiger partial charge in [0.2, 0.25) is 5.96 Å². The summed E-state index contributed by atoms with van der Waals surface area (Å²) in [6.45, 7) is 6.90. The molecule has 0 radical (unpaired) electrons. The number of rotatable bonds is 5. The van der Waals surface area contributed by atoms with E-state index in [-0.39, 0.29) is 0 Å². The number of nitrogens with two attached hydrogens (primary N) is 1. The average molecular weight is 242 g/mol. The summed E-state index contributed by atoms with van der Waals surface area (Å²) in [7, 11) is 0. The highest BCUT2D eigenvalue weighted by Crippen LogP contribution is 2.18. The van der Waals surface area contributed by atoms with E-state index < -0.39 is 0 Å². The molecule has 1 heterocycles. The molecule has 1 fully saturated rings. The Morgan fingerprint density at radius 2 is 2.18 bits per heavy atom. The summed E-state index contributed by atoms with van der Waals surface area (Å²) in [5.41, 5.74) is 2.64. The molecule has 0 amide bonds. The van der Waals surface area contributed by atoms with Crippen molar-refractivity contribution >= 4 is 5.96 Å². The predicted octanol–water partition coefficient (Wildman–Crippen LogP) is 1.01. The van der Waals surface area contributed by atoms with Crippen LogP contribution in [0, 0.1) is 5.92 Å². The third-order valence-electron chi connectivity index (χ3n) is 3.26. The molecule has 0 spiro atoms. The number of nitrogens with zero attached hydrogens (tertiary/aromatic N) is 1. The average Bonchev–Trinajstić information content (AvgIpc) is 2.38. The third kappa shape index (κ3) is 5.37. The van der Waals surface area contributed by atoms with Crippen LogP contribution in [0.4, 0.5) is 0 Å². The number of unbranched alkanes of at least 4 members (excludes halogenated alkanes) is 1. The lowest BCUT2D eigenvalue weighted by Crippen LogP contribution is -2.48. The molecule has 1 aliphatic rings. The maximum atomic E-state index is 5.46. The van der Waals surface area contributed by atoms with E-state index in [1.807, 2.05) is 0 Å². The summed E-state index contributed by atoms with van der Waals surface area (Å²) in [6, 6.07) is 0.385. The lowest BCUT2D eigenvalue weighted by Gasteiger charge is -2.29. The Kier molecular flexibility index (Phi) is 6.96. The molecule has 0 aromatic heterocycles. The smallest absolute Gasteiger partial charge is 0.205 e. The zero-order valence-corrected chi connectivity index (χ0v) is 11.0. The lowest BCUT2D eigenvalue weighted by atomic mass is 9.93. The van der Waals surface area contributed by atoms with E-state index in [4.69, 9.17) is 10.6 Å². The second kappa shape index (κ2) is 8.31. The van der Waals surface area contributed by atoms with E-state index in [0.717, 1.165) is 45.4 Å². The summed E-state index contributed by atoms with van der Waals surface area (Å²) in [6.07, 6.45) is 4.47. The molecule has 1 atom stereocenters. The summed E-state index contributed by atoms with van der Waals surface area (Å²) in [5.74, 6) is 6.82. The number of nitrogens with one attached hydrogen (secondary N) is 2. The molecule has 5 heteroatoms. The second-order valence-corrected chi connectivity index (χ2v) is 4.61. The summed E-state index contributed by atoms with van der Waals surface area (Å²) >= 11 is 0. The Labute approximate surface area is 104 Å². The van der Waals surface area contributed by atoms with Gasteiger partial charge in [0, 0.05) is 25.8 Å². The molecular weight excluding hydrogens is 216 g/mol. The molecule has 1 rings (SSSR count). The van der Waals surface area contributed by atoms with Crippen LogP contribution >= 0.6 is 0 Å². The van der Waals surface area contributed by atoms with Gasteiger partial charge in [-0.05, 0) is 32.1 Å². The van der Waals surface area contributed by atoms with Crippen molar-refractivity contribution in [2.75, 3.05) is 19.8 Å². The molecule has 0 aliphatic carbocycles. The number of ether oxygens (including phenoxy) is 1. The van der Waals surface area contributed by atoms with Crippen molar-refractivity contribution in [2.24, 2.45) is 16.8 Å². The van der Waals surface area contributed by atoms with Crippen molar-refractivity contribution < 1.29 is 4.74 Å². The third-order valence-corrected chi connectivity index (χ3v) is 3.26. The quantitative estimate of drug-likeness (QED) is 0.221. The minimum Gasteiger partial charge on any atom is -0.381 e. The van der Waals surface area contributed by atoms with Gasteiger partial charge in [-0.25, -0.2) is 5.84 Å². The predicted molar refractivity (Wildman–Crippen MR) is 70.7 cm³/mol. The van der Waals surface area contributed by atoms with Crippen LogP contribution in [-0.2, 0) is 4.74 Å². The molecule has 0 aromatic rings. The van der Waals surface area contributed by atoms with Gasteiger partial charge in [0.1, 0.15) is 0 Å². The first-order valence-electron chi connectivity index (χ1n) is 6.63. The summed E-state index contributed by atoms with van der Waals surface area (Å²) < 4.78 is 5.36. The van der Waals surface area contributed by atoms with Crippen LogP contribution in [0.15, 0.2) is 4.99 Å². The molecule has 100 valence electrons. The van der Waals surface area contributed by atoms with Crippen LogP contribution < -0.4 is 16.6 Å². The van der Waals surface area contributed by atoms with Crippen LogP contribution in [0.3, 0.4) is 0 Å². The highest BCUT2D eigenvalue weighted by atomic mass is 16.5. The highest BCUT2D eigenvalue weighted by molar-refractivity contribution is 5.79. The van der Waals surface area contributed by atoms with E-state index in [2.05, 4.69) is 29.6 Å². The maximum absolute atomic E-state index is 5.46. The van der Waals surface area contributed by atoms with Crippen LogP contribution in [0.25, 0.3) is 0 Å². The first kappa shape index (κ1) is 14.3. The summed E-state index contributed by atoms with van der Waals surface area (Å²) in [4.78, 5) is 4.40. The van der Waals surface area contributed by atoms with E-state index in [0.29, 0.717) is 17.9 Å². The first-order valence-corrected chi connectivity index (χ1v) is 6.63. The van der Waals surface area contributed by atoms with Crippen molar-refractivity contribution in [1.29, 1.82) is 0 Å². The molecule has 1 unspecified atom stereocenters. The molecule has 4 N–H and O–H groups in total. The fraction of sp³-hybridized carbons (Fsp3) is 0.917. The van der Waals surface area contributed by atoms with Crippen LogP contribution in [-0.4, -0.2) is 31.8 Å². The minimum atomic E-state index is 0.385. The standard InChI is InChI=1S/C12H26N4O/c1-3-4-7-14-12(16-13)15-10(2)11-5-8-17-9-6-11/h10-11H,3-9,13H2,1-2H3,(H2,14,15,16). The van der Waals surface area contributed by atoms with Crippen LogP contribution in [0.1, 0.15) is 39.5 Å². The Bertz CT molecular complexity index is 227. The maximum Gasteiger partial charge on any atom is 0.205 e. The minimum absolute atomic E-state index is 0.385. The lowest BCUT2D eigenvalue weighted by molar-refractivity contribution is 0.0581. The van der Waals surface area contributed by atoms with Gasteiger partial charge < -0.3 is 10.1 Å². The van der Waals surface area contributed by atoms with Gasteiger partial charge in [0.15, 0.2) is 0 Å². The summed E-state index contributed by atoms with van der Waals surface area (Å²) in [5, 5.41) is 3.35. The fourth-order valence-electron chi connectivity index (χ4n) is 2.03. The SMILES string of the molecule is CCCCN=C(NN)NC(C)C1CCOCC1.